The third kappa shape index (κ3) is 6.16. The number of alkyl halides is 3. The van der Waals surface area contributed by atoms with Gasteiger partial charge in [0.25, 0.3) is 0 Å². The maximum absolute atomic E-state index is 14.7. The van der Waals surface area contributed by atoms with Crippen molar-refractivity contribution in [3.05, 3.63) is 96.5 Å². The highest BCUT2D eigenvalue weighted by Crippen LogP contribution is 2.35. The molecule has 2 aromatic rings. The molecule has 0 bridgehead atoms. The summed E-state index contributed by atoms with van der Waals surface area (Å²) in [4.78, 5) is 5.77. The Morgan fingerprint density at radius 3 is 2.49 bits per heavy atom. The highest BCUT2D eigenvalue weighted by Gasteiger charge is 2.44. The lowest BCUT2D eigenvalue weighted by Crippen LogP contribution is -2.51. The molecule has 0 amide bonds. The van der Waals surface area contributed by atoms with Crippen molar-refractivity contribution < 1.29 is 22.0 Å². The van der Waals surface area contributed by atoms with E-state index in [2.05, 4.69) is 23.5 Å². The van der Waals surface area contributed by atoms with Crippen molar-refractivity contribution in [1.82, 2.24) is 15.2 Å². The van der Waals surface area contributed by atoms with Crippen LogP contribution in [0.5, 0.6) is 0 Å². The van der Waals surface area contributed by atoms with E-state index in [-0.39, 0.29) is 42.2 Å². The Morgan fingerprint density at radius 2 is 1.86 bits per heavy atom. The fraction of sp³-hybridized carbons (Fsp3) is 0.269. The van der Waals surface area contributed by atoms with Crippen molar-refractivity contribution in [3.8, 4) is 11.3 Å². The van der Waals surface area contributed by atoms with Crippen LogP contribution in [0.4, 0.5) is 22.0 Å². The van der Waals surface area contributed by atoms with Crippen molar-refractivity contribution in [1.29, 1.82) is 0 Å². The minimum absolute atomic E-state index is 0.0532. The molecule has 186 valence electrons. The number of pyridine rings is 1. The first kappa shape index (κ1) is 26.2. The lowest BCUT2D eigenvalue weighted by Gasteiger charge is -2.40. The predicted octanol–water partition coefficient (Wildman–Crippen LogP) is 5.77. The van der Waals surface area contributed by atoms with Crippen LogP contribution >= 0.6 is 0 Å². The van der Waals surface area contributed by atoms with Gasteiger partial charge < -0.3 is 16.0 Å². The lowest BCUT2D eigenvalue weighted by molar-refractivity contribution is -0.186. The first-order chi connectivity index (χ1) is 16.5. The monoisotopic (exact) mass is 490 g/mol. The van der Waals surface area contributed by atoms with Gasteiger partial charge in [-0.05, 0) is 43.7 Å². The number of benzene rings is 1. The molecule has 0 saturated carbocycles. The van der Waals surface area contributed by atoms with Crippen LogP contribution in [0.1, 0.15) is 19.0 Å². The number of piperidine rings is 1. The Hall–Kier alpha value is -3.46. The van der Waals surface area contributed by atoms with Crippen LogP contribution in [0.3, 0.4) is 0 Å². The van der Waals surface area contributed by atoms with Gasteiger partial charge in [-0.3, -0.25) is 0 Å². The molecule has 1 fully saturated rings. The van der Waals surface area contributed by atoms with E-state index in [1.54, 1.807) is 25.1 Å². The summed E-state index contributed by atoms with van der Waals surface area (Å²) in [5, 5.41) is 2.96. The molecule has 0 radical (unpaired) electrons. The summed E-state index contributed by atoms with van der Waals surface area (Å²) in [5.74, 6) is -2.79. The molecule has 9 heteroatoms. The number of nitrogens with two attached hydrogens (primary N) is 1. The van der Waals surface area contributed by atoms with E-state index in [1.165, 1.54) is 35.2 Å². The smallest absolute Gasteiger partial charge is 0.368 e. The van der Waals surface area contributed by atoms with Crippen LogP contribution in [0.25, 0.3) is 17.0 Å². The van der Waals surface area contributed by atoms with Crippen LogP contribution in [0.2, 0.25) is 0 Å². The highest BCUT2D eigenvalue weighted by molar-refractivity contribution is 5.67. The maximum atomic E-state index is 14.7. The summed E-state index contributed by atoms with van der Waals surface area (Å²) in [6.07, 6.45) is 0.0830. The number of rotatable bonds is 7. The molecule has 0 aliphatic carbocycles. The first-order valence-corrected chi connectivity index (χ1v) is 11.0. The quantitative estimate of drug-likeness (QED) is 0.382. The van der Waals surface area contributed by atoms with Gasteiger partial charge in [0.2, 0.25) is 0 Å². The number of nitrogens with one attached hydrogen (secondary N) is 1. The van der Waals surface area contributed by atoms with Crippen molar-refractivity contribution in [3.63, 3.8) is 0 Å². The molecule has 0 spiro atoms. The molecular formula is C26H27F5N4. The minimum Gasteiger partial charge on any atom is -0.368 e. The van der Waals surface area contributed by atoms with E-state index < -0.39 is 29.8 Å². The second-order valence-corrected chi connectivity index (χ2v) is 8.24. The molecule has 35 heavy (non-hydrogen) atoms. The maximum Gasteiger partial charge on any atom is 0.393 e. The van der Waals surface area contributed by atoms with Crippen molar-refractivity contribution in [2.45, 2.75) is 25.6 Å². The van der Waals surface area contributed by atoms with Crippen molar-refractivity contribution in [2.24, 2.45) is 11.7 Å². The van der Waals surface area contributed by atoms with Gasteiger partial charge in [-0.15, -0.1) is 0 Å². The molecule has 3 N–H and O–H groups in total. The molecule has 1 saturated heterocycles. The van der Waals surface area contributed by atoms with E-state index in [0.29, 0.717) is 11.4 Å². The minimum atomic E-state index is -4.39. The van der Waals surface area contributed by atoms with Gasteiger partial charge in [0.15, 0.2) is 5.82 Å². The predicted molar refractivity (Wildman–Crippen MR) is 128 cm³/mol. The second-order valence-electron chi connectivity index (χ2n) is 8.24. The van der Waals surface area contributed by atoms with E-state index in [9.17, 15) is 22.0 Å². The summed E-state index contributed by atoms with van der Waals surface area (Å²) < 4.78 is 69.3. The van der Waals surface area contributed by atoms with Crippen molar-refractivity contribution >= 4 is 5.70 Å². The Morgan fingerprint density at radius 1 is 1.14 bits per heavy atom. The zero-order chi connectivity index (χ0) is 25.8. The molecule has 1 aromatic heterocycles. The summed E-state index contributed by atoms with van der Waals surface area (Å²) in [6.45, 7) is 9.12. The number of hydrogen-bond donors (Lipinski definition) is 2. The largest absolute Gasteiger partial charge is 0.393 e. The van der Waals surface area contributed by atoms with Gasteiger partial charge in [-0.25, -0.2) is 13.8 Å². The third-order valence-corrected chi connectivity index (χ3v) is 5.69. The molecule has 1 aliphatic rings. The highest BCUT2D eigenvalue weighted by atomic mass is 19.4. The van der Waals surface area contributed by atoms with Gasteiger partial charge in [0, 0.05) is 24.7 Å². The van der Waals surface area contributed by atoms with Gasteiger partial charge in [0.05, 0.1) is 28.7 Å². The lowest BCUT2D eigenvalue weighted by atomic mass is 9.93. The van der Waals surface area contributed by atoms with Crippen LogP contribution in [0.15, 0.2) is 79.2 Å². The fourth-order valence-electron chi connectivity index (χ4n) is 4.03. The first-order valence-electron chi connectivity index (χ1n) is 11.0. The number of aromatic nitrogens is 1. The standard InChI is InChI=1S/C26H27F5N4/c1-4-8-24(35-14-17(26(29,30)31)13-18(32)15-35)22(5-2)33-16(3)25-21(28)11-12-23(34-25)19-9-6-7-10-20(19)27/h4-12,17-18,33H,1,3,13-15,32H2,2H3/b22-5+,24-8+. The molecular weight excluding hydrogens is 463 g/mol. The zero-order valence-electron chi connectivity index (χ0n) is 19.2. The average molecular weight is 491 g/mol. The Bertz CT molecular complexity index is 1150. The molecule has 4 nitrogen and oxygen atoms in total. The van der Waals surface area contributed by atoms with Crippen molar-refractivity contribution in [2.75, 3.05) is 13.1 Å². The van der Waals surface area contributed by atoms with Crippen LogP contribution < -0.4 is 11.1 Å². The number of hydrogen-bond acceptors (Lipinski definition) is 4. The van der Waals surface area contributed by atoms with Crippen LogP contribution in [-0.4, -0.2) is 35.2 Å². The van der Waals surface area contributed by atoms with E-state index in [1.807, 2.05) is 0 Å². The molecule has 1 aromatic carbocycles. The Balaban J connectivity index is 1.89. The fourth-order valence-corrected chi connectivity index (χ4v) is 4.03. The van der Waals surface area contributed by atoms with Gasteiger partial charge >= 0.3 is 6.18 Å². The number of likely N-dealkylation sites (tertiary alicyclic amines) is 1. The molecule has 2 unspecified atom stereocenters. The SMILES string of the molecule is C=C/C=C(\C(=C/C)NC(=C)c1nc(-c2ccccc2F)ccc1F)N1CC(N)CC(C(F)(F)F)C1. The molecule has 2 atom stereocenters. The van der Waals surface area contributed by atoms with E-state index in [4.69, 9.17) is 5.73 Å². The average Bonchev–Trinajstić information content (AvgIpc) is 2.81. The topological polar surface area (TPSA) is 54.2 Å². The summed E-state index contributed by atoms with van der Waals surface area (Å²) in [6, 6.07) is 7.80. The molecule has 1 aliphatic heterocycles. The number of halogens is 5. The Labute approximate surface area is 201 Å². The van der Waals surface area contributed by atoms with Gasteiger partial charge in [-0.1, -0.05) is 37.4 Å². The molecule has 2 heterocycles. The summed E-state index contributed by atoms with van der Waals surface area (Å²) in [5.41, 5.74) is 7.03. The number of allylic oxidation sites excluding steroid dienone is 3. The Kier molecular flexibility index (Phi) is 8.11. The van der Waals surface area contributed by atoms with Crippen LogP contribution in [0, 0.1) is 17.6 Å². The summed E-state index contributed by atoms with van der Waals surface area (Å²) >= 11 is 0. The number of nitrogens with zero attached hydrogens (tertiary/aromatic N) is 2. The normalized spacial score (nSPS) is 19.5. The van der Waals surface area contributed by atoms with Crippen LogP contribution in [-0.2, 0) is 0 Å². The second kappa shape index (κ2) is 10.9. The third-order valence-electron chi connectivity index (χ3n) is 5.69. The van der Waals surface area contributed by atoms with Gasteiger partial charge in [0.1, 0.15) is 11.5 Å². The molecule has 3 rings (SSSR count). The zero-order valence-corrected chi connectivity index (χ0v) is 19.2. The summed E-state index contributed by atoms with van der Waals surface area (Å²) in [7, 11) is 0. The van der Waals surface area contributed by atoms with E-state index in [0.717, 1.165) is 6.07 Å². The van der Waals surface area contributed by atoms with Gasteiger partial charge in [-0.2, -0.15) is 13.2 Å². The van der Waals surface area contributed by atoms with E-state index >= 15 is 0 Å².